The number of aromatic nitrogens is 2. The van der Waals surface area contributed by atoms with E-state index in [9.17, 15) is 0 Å². The van der Waals surface area contributed by atoms with E-state index in [0.29, 0.717) is 11.6 Å². The molecular weight excluding hydrogens is 238 g/mol. The summed E-state index contributed by atoms with van der Waals surface area (Å²) in [6.45, 7) is 4.56. The van der Waals surface area contributed by atoms with Crippen molar-refractivity contribution in [3.8, 4) is 0 Å². The Morgan fingerprint density at radius 3 is 2.94 bits per heavy atom. The lowest BCUT2D eigenvalue weighted by atomic mass is 10.4. The third kappa shape index (κ3) is 2.97. The molecule has 0 aliphatic rings. The summed E-state index contributed by atoms with van der Waals surface area (Å²) in [5, 5.41) is 9.64. The van der Waals surface area contributed by atoms with Crippen LogP contribution in [0.5, 0.6) is 0 Å². The summed E-state index contributed by atoms with van der Waals surface area (Å²) in [4.78, 5) is 6.65. The van der Waals surface area contributed by atoms with E-state index >= 15 is 0 Å². The number of rotatable bonds is 5. The fraction of sp³-hybridized carbons (Fsp3) is 0.417. The predicted octanol–water partition coefficient (Wildman–Crippen LogP) is 1.80. The van der Waals surface area contributed by atoms with Gasteiger partial charge in [0.25, 0.3) is 0 Å². The topological polar surface area (TPSA) is 40.8 Å². The van der Waals surface area contributed by atoms with Crippen LogP contribution in [0.3, 0.4) is 0 Å². The fourth-order valence-corrected chi connectivity index (χ4v) is 1.98. The van der Waals surface area contributed by atoms with Crippen LogP contribution in [-0.4, -0.2) is 39.1 Å². The Bertz CT molecular complexity index is 497. The van der Waals surface area contributed by atoms with Gasteiger partial charge < -0.3 is 9.51 Å². The lowest BCUT2D eigenvalue weighted by Crippen LogP contribution is -2.26. The average Bonchev–Trinajstić information content (AvgIpc) is 2.69. The Hall–Kier alpha value is -1.10. The van der Waals surface area contributed by atoms with Crippen molar-refractivity contribution in [2.75, 3.05) is 19.7 Å². The van der Waals surface area contributed by atoms with Crippen molar-refractivity contribution in [2.24, 2.45) is 0 Å². The van der Waals surface area contributed by atoms with Crippen molar-refractivity contribution in [3.05, 3.63) is 35.2 Å². The molecule has 0 fully saturated rings. The van der Waals surface area contributed by atoms with Crippen LogP contribution in [0.2, 0.25) is 5.02 Å². The molecule has 1 N–H and O–H groups in total. The van der Waals surface area contributed by atoms with E-state index in [-0.39, 0.29) is 6.61 Å². The summed E-state index contributed by atoms with van der Waals surface area (Å²) >= 11 is 5.92. The molecule has 0 atom stereocenters. The molecule has 92 valence electrons. The molecule has 2 aromatic heterocycles. The molecule has 2 rings (SSSR count). The van der Waals surface area contributed by atoms with Crippen molar-refractivity contribution in [1.29, 1.82) is 0 Å². The number of fused-ring (bicyclic) bond motifs is 1. The molecule has 17 heavy (non-hydrogen) atoms. The Morgan fingerprint density at radius 1 is 1.41 bits per heavy atom. The van der Waals surface area contributed by atoms with Crippen LogP contribution in [0.4, 0.5) is 0 Å². The molecule has 0 spiro atoms. The van der Waals surface area contributed by atoms with Crippen LogP contribution < -0.4 is 0 Å². The average molecular weight is 254 g/mol. The van der Waals surface area contributed by atoms with Gasteiger partial charge in [0.1, 0.15) is 5.65 Å². The highest BCUT2D eigenvalue weighted by Crippen LogP contribution is 2.12. The third-order valence-corrected chi connectivity index (χ3v) is 2.94. The zero-order valence-electron chi connectivity index (χ0n) is 9.80. The van der Waals surface area contributed by atoms with Gasteiger partial charge in [-0.3, -0.25) is 4.90 Å². The van der Waals surface area contributed by atoms with E-state index in [2.05, 4.69) is 16.8 Å². The second-order valence-electron chi connectivity index (χ2n) is 3.94. The van der Waals surface area contributed by atoms with Crippen LogP contribution >= 0.6 is 11.6 Å². The Balaban J connectivity index is 2.18. The van der Waals surface area contributed by atoms with E-state index in [1.807, 2.05) is 28.9 Å². The van der Waals surface area contributed by atoms with Gasteiger partial charge in [0, 0.05) is 25.5 Å². The highest BCUT2D eigenvalue weighted by Gasteiger charge is 2.07. The standard InChI is InChI=1S/C12H16ClN3O/c1-2-15(5-6-17)8-11-9-16-7-10(13)3-4-12(16)14-11/h3-4,7,9,17H,2,5-6,8H2,1H3. The Morgan fingerprint density at radius 2 is 2.24 bits per heavy atom. The predicted molar refractivity (Wildman–Crippen MR) is 68.2 cm³/mol. The van der Waals surface area contributed by atoms with Crippen LogP contribution in [0.15, 0.2) is 24.5 Å². The highest BCUT2D eigenvalue weighted by atomic mass is 35.5. The van der Waals surface area contributed by atoms with Crippen molar-refractivity contribution in [3.63, 3.8) is 0 Å². The summed E-state index contributed by atoms with van der Waals surface area (Å²) in [5.74, 6) is 0. The van der Waals surface area contributed by atoms with Gasteiger partial charge in [-0.25, -0.2) is 4.98 Å². The normalized spacial score (nSPS) is 11.5. The number of halogens is 1. The maximum absolute atomic E-state index is 8.94. The maximum atomic E-state index is 8.94. The molecule has 0 aliphatic heterocycles. The van der Waals surface area contributed by atoms with Gasteiger partial charge in [-0.2, -0.15) is 0 Å². The molecule has 0 saturated carbocycles. The van der Waals surface area contributed by atoms with Gasteiger partial charge in [0.05, 0.1) is 17.3 Å². The van der Waals surface area contributed by atoms with Gasteiger partial charge in [-0.1, -0.05) is 18.5 Å². The van der Waals surface area contributed by atoms with E-state index < -0.39 is 0 Å². The minimum Gasteiger partial charge on any atom is -0.395 e. The molecule has 2 heterocycles. The summed E-state index contributed by atoms with van der Waals surface area (Å²) in [7, 11) is 0. The second-order valence-corrected chi connectivity index (χ2v) is 4.37. The van der Waals surface area contributed by atoms with Crippen molar-refractivity contribution >= 4 is 17.2 Å². The number of hydrogen-bond acceptors (Lipinski definition) is 3. The van der Waals surface area contributed by atoms with Gasteiger partial charge >= 0.3 is 0 Å². The molecule has 4 nitrogen and oxygen atoms in total. The molecule has 0 saturated heterocycles. The molecule has 0 aliphatic carbocycles. The number of likely N-dealkylation sites (N-methyl/N-ethyl adjacent to an activating group) is 1. The summed E-state index contributed by atoms with van der Waals surface area (Å²) in [6, 6.07) is 3.73. The molecule has 0 bridgehead atoms. The number of pyridine rings is 1. The molecule has 2 aromatic rings. The van der Waals surface area contributed by atoms with Gasteiger partial charge in [0.2, 0.25) is 0 Å². The molecular formula is C12H16ClN3O. The van der Waals surface area contributed by atoms with Crippen molar-refractivity contribution in [1.82, 2.24) is 14.3 Å². The molecule has 0 aromatic carbocycles. The lowest BCUT2D eigenvalue weighted by Gasteiger charge is -2.17. The first-order valence-electron chi connectivity index (χ1n) is 5.69. The van der Waals surface area contributed by atoms with Crippen LogP contribution in [0.1, 0.15) is 12.6 Å². The number of nitrogens with zero attached hydrogens (tertiary/aromatic N) is 3. The van der Waals surface area contributed by atoms with E-state index in [1.165, 1.54) is 0 Å². The van der Waals surface area contributed by atoms with Gasteiger partial charge in [-0.05, 0) is 18.7 Å². The number of imidazole rings is 1. The van der Waals surface area contributed by atoms with Crippen LogP contribution in [-0.2, 0) is 6.54 Å². The van der Waals surface area contributed by atoms with Gasteiger partial charge in [0.15, 0.2) is 0 Å². The minimum atomic E-state index is 0.174. The lowest BCUT2D eigenvalue weighted by molar-refractivity contribution is 0.195. The Labute approximate surface area is 105 Å². The second kappa shape index (κ2) is 5.49. The molecule has 0 radical (unpaired) electrons. The zero-order valence-corrected chi connectivity index (χ0v) is 10.6. The monoisotopic (exact) mass is 253 g/mol. The fourth-order valence-electron chi connectivity index (χ4n) is 1.81. The molecule has 0 unspecified atom stereocenters. The Kier molecular flexibility index (Phi) is 3.99. The first kappa shape index (κ1) is 12.4. The SMILES string of the molecule is CCN(CCO)Cc1cn2cc(Cl)ccc2n1. The first-order chi connectivity index (χ1) is 8.22. The summed E-state index contributed by atoms with van der Waals surface area (Å²) in [6.07, 6.45) is 3.82. The third-order valence-electron chi connectivity index (χ3n) is 2.71. The highest BCUT2D eigenvalue weighted by molar-refractivity contribution is 6.30. The van der Waals surface area contributed by atoms with Gasteiger partial charge in [-0.15, -0.1) is 0 Å². The first-order valence-corrected chi connectivity index (χ1v) is 6.07. The van der Waals surface area contributed by atoms with Crippen molar-refractivity contribution in [2.45, 2.75) is 13.5 Å². The zero-order chi connectivity index (χ0) is 12.3. The molecule has 5 heteroatoms. The summed E-state index contributed by atoms with van der Waals surface area (Å²) in [5.41, 5.74) is 1.88. The van der Waals surface area contributed by atoms with Crippen LogP contribution in [0, 0.1) is 0 Å². The van der Waals surface area contributed by atoms with Crippen molar-refractivity contribution < 1.29 is 5.11 Å². The number of aliphatic hydroxyl groups is 1. The summed E-state index contributed by atoms with van der Waals surface area (Å²) < 4.78 is 1.92. The van der Waals surface area contributed by atoms with E-state index in [4.69, 9.17) is 16.7 Å². The van der Waals surface area contributed by atoms with E-state index in [0.717, 1.165) is 24.4 Å². The largest absolute Gasteiger partial charge is 0.395 e. The van der Waals surface area contributed by atoms with E-state index in [1.54, 1.807) is 0 Å². The number of aliphatic hydroxyl groups excluding tert-OH is 1. The van der Waals surface area contributed by atoms with Crippen LogP contribution in [0.25, 0.3) is 5.65 Å². The smallest absolute Gasteiger partial charge is 0.137 e. The minimum absolute atomic E-state index is 0.174. The number of hydrogen-bond donors (Lipinski definition) is 1. The quantitative estimate of drug-likeness (QED) is 0.884. The molecule has 0 amide bonds. The maximum Gasteiger partial charge on any atom is 0.137 e.